The second-order valence-corrected chi connectivity index (χ2v) is 7.05. The molecule has 1 fully saturated rings. The second kappa shape index (κ2) is 6.44. The van der Waals surface area contributed by atoms with Crippen LogP contribution in [0.4, 0.5) is 10.1 Å². The Morgan fingerprint density at radius 1 is 1.31 bits per heavy atom. The fourth-order valence-electron chi connectivity index (χ4n) is 3.84. The van der Waals surface area contributed by atoms with Gasteiger partial charge in [0.1, 0.15) is 17.7 Å². The van der Waals surface area contributed by atoms with Gasteiger partial charge >= 0.3 is 0 Å². The largest absolute Gasteiger partial charge is 0.487 e. The third kappa shape index (κ3) is 2.52. The summed E-state index contributed by atoms with van der Waals surface area (Å²) >= 11 is 0. The Kier molecular flexibility index (Phi) is 4.24. The normalized spacial score (nSPS) is 21.3. The lowest BCUT2D eigenvalue weighted by Gasteiger charge is -2.37. The molecule has 0 bridgehead atoms. The van der Waals surface area contributed by atoms with Crippen LogP contribution in [0.1, 0.15) is 18.5 Å². The van der Waals surface area contributed by atoms with Crippen molar-refractivity contribution in [1.29, 1.82) is 0 Å². The molecule has 0 aliphatic carbocycles. The molecule has 0 radical (unpaired) electrons. The predicted octanol–water partition coefficient (Wildman–Crippen LogP) is 1.27. The summed E-state index contributed by atoms with van der Waals surface area (Å²) in [5, 5.41) is 23.0. The van der Waals surface area contributed by atoms with Crippen molar-refractivity contribution in [1.82, 2.24) is 9.47 Å². The number of nitrogens with zero attached hydrogens (tertiary/aromatic N) is 4. The first-order valence-electron chi connectivity index (χ1n) is 8.80. The molecule has 1 saturated heterocycles. The number of ether oxygens (including phenoxy) is 1. The molecule has 0 saturated carbocycles. The van der Waals surface area contributed by atoms with Crippen LogP contribution in [0.3, 0.4) is 0 Å². The van der Waals surface area contributed by atoms with E-state index in [1.165, 1.54) is 6.07 Å². The molecule has 2 aliphatic rings. The first kappa shape index (κ1) is 17.1. The maximum Gasteiger partial charge on any atom is 0.170 e. The van der Waals surface area contributed by atoms with Gasteiger partial charge in [-0.1, -0.05) is 5.16 Å². The van der Waals surface area contributed by atoms with Gasteiger partial charge in [0.2, 0.25) is 0 Å². The van der Waals surface area contributed by atoms with Crippen LogP contribution < -0.4 is 15.0 Å². The van der Waals surface area contributed by atoms with E-state index in [1.54, 1.807) is 6.20 Å². The van der Waals surface area contributed by atoms with E-state index in [1.807, 2.05) is 16.4 Å². The molecule has 1 atom stereocenters. The highest BCUT2D eigenvalue weighted by molar-refractivity contribution is 5.92. The number of aliphatic hydroxyl groups excluding tert-OH is 1. The highest BCUT2D eigenvalue weighted by Crippen LogP contribution is 2.42. The van der Waals surface area contributed by atoms with Gasteiger partial charge in [0.25, 0.3) is 0 Å². The van der Waals surface area contributed by atoms with Gasteiger partial charge in [0.15, 0.2) is 11.6 Å². The molecule has 0 spiro atoms. The Labute approximate surface area is 150 Å². The molecule has 3 heterocycles. The maximum atomic E-state index is 15.1. The standard InChI is InChI=1S/C18H23FN4O3/c1-11-10-26-18-16-13(15(20-25)12(9-24)8-23(11)16)7-14(19)17(18)22-5-3-21(2)4-6-22/h7-8,11,24-25H,3-6,9-10H2,1-2H3/t11-/m0/s1. The van der Waals surface area contributed by atoms with Crippen LogP contribution in [-0.4, -0.2) is 59.6 Å². The minimum absolute atomic E-state index is 0.0221. The van der Waals surface area contributed by atoms with E-state index in [4.69, 9.17) is 4.74 Å². The summed E-state index contributed by atoms with van der Waals surface area (Å²) in [5.74, 6) is 0.0789. The lowest BCUT2D eigenvalue weighted by molar-refractivity contribution is 0.241. The number of likely N-dealkylation sites (N-methyl/N-ethyl adjacent to an activating group) is 1. The molecule has 2 N–H and O–H groups in total. The number of piperazine rings is 1. The van der Waals surface area contributed by atoms with Gasteiger partial charge in [0, 0.05) is 43.3 Å². The Morgan fingerprint density at radius 3 is 2.69 bits per heavy atom. The van der Waals surface area contributed by atoms with Gasteiger partial charge in [-0.3, -0.25) is 0 Å². The summed E-state index contributed by atoms with van der Waals surface area (Å²) in [4.78, 5) is 4.22. The number of pyridine rings is 1. The minimum Gasteiger partial charge on any atom is -0.487 e. The number of rotatable bonds is 2. The van der Waals surface area contributed by atoms with E-state index in [-0.39, 0.29) is 18.0 Å². The SMILES string of the molecule is C[C@H]1COc2c(N3CCN(C)CC3)c(F)cc3c(=NO)c(CO)cn1c23. The van der Waals surface area contributed by atoms with Gasteiger partial charge in [-0.05, 0) is 20.0 Å². The molecule has 7 nitrogen and oxygen atoms in total. The molecule has 1 aromatic carbocycles. The number of aromatic nitrogens is 1. The van der Waals surface area contributed by atoms with Crippen molar-refractivity contribution in [2.75, 3.05) is 44.7 Å². The van der Waals surface area contributed by atoms with Gasteiger partial charge in [-0.25, -0.2) is 4.39 Å². The smallest absolute Gasteiger partial charge is 0.170 e. The quantitative estimate of drug-likeness (QED) is 0.622. The van der Waals surface area contributed by atoms with Crippen LogP contribution in [0.25, 0.3) is 10.9 Å². The fourth-order valence-corrected chi connectivity index (χ4v) is 3.84. The third-order valence-electron chi connectivity index (χ3n) is 5.33. The molecule has 4 rings (SSSR count). The number of hydrogen-bond acceptors (Lipinski definition) is 6. The average molecular weight is 362 g/mol. The van der Waals surface area contributed by atoms with Crippen LogP contribution >= 0.6 is 0 Å². The highest BCUT2D eigenvalue weighted by Gasteiger charge is 2.29. The van der Waals surface area contributed by atoms with Crippen molar-refractivity contribution in [2.24, 2.45) is 5.16 Å². The van der Waals surface area contributed by atoms with Crippen molar-refractivity contribution in [3.63, 3.8) is 0 Å². The number of aliphatic hydroxyl groups is 1. The summed E-state index contributed by atoms with van der Waals surface area (Å²) in [6.07, 6.45) is 1.76. The van der Waals surface area contributed by atoms with Gasteiger partial charge < -0.3 is 29.4 Å². The van der Waals surface area contributed by atoms with Gasteiger partial charge in [0.05, 0.1) is 18.2 Å². The van der Waals surface area contributed by atoms with Crippen molar-refractivity contribution >= 4 is 16.6 Å². The zero-order valence-electron chi connectivity index (χ0n) is 14.9. The fraction of sp³-hybridized carbons (Fsp3) is 0.500. The molecule has 8 heteroatoms. The molecule has 1 aromatic heterocycles. The van der Waals surface area contributed by atoms with E-state index < -0.39 is 5.82 Å². The van der Waals surface area contributed by atoms with E-state index >= 15 is 4.39 Å². The van der Waals surface area contributed by atoms with Crippen molar-refractivity contribution < 1.29 is 19.4 Å². The first-order valence-corrected chi connectivity index (χ1v) is 8.80. The Hall–Kier alpha value is -2.32. The zero-order valence-corrected chi connectivity index (χ0v) is 14.9. The molecular weight excluding hydrogens is 339 g/mol. The van der Waals surface area contributed by atoms with Crippen molar-refractivity contribution in [3.05, 3.63) is 29.0 Å². The molecule has 140 valence electrons. The number of halogens is 1. The predicted molar refractivity (Wildman–Crippen MR) is 95.1 cm³/mol. The Balaban J connectivity index is 2.02. The number of benzene rings is 1. The average Bonchev–Trinajstić information content (AvgIpc) is 2.64. The van der Waals surface area contributed by atoms with Crippen LogP contribution in [0.5, 0.6) is 5.75 Å². The van der Waals surface area contributed by atoms with Gasteiger partial charge in [-0.15, -0.1) is 0 Å². The molecule has 26 heavy (non-hydrogen) atoms. The number of anilines is 1. The van der Waals surface area contributed by atoms with Crippen LogP contribution in [-0.2, 0) is 6.61 Å². The second-order valence-electron chi connectivity index (χ2n) is 7.05. The van der Waals surface area contributed by atoms with Crippen LogP contribution in [0, 0.1) is 5.82 Å². The molecule has 0 amide bonds. The van der Waals surface area contributed by atoms with Gasteiger partial charge in [-0.2, -0.15) is 0 Å². The Bertz CT molecular complexity index is 919. The highest BCUT2D eigenvalue weighted by atomic mass is 19.1. The van der Waals surface area contributed by atoms with E-state index in [2.05, 4.69) is 17.1 Å². The lowest BCUT2D eigenvalue weighted by atomic mass is 10.1. The lowest BCUT2D eigenvalue weighted by Crippen LogP contribution is -2.45. The van der Waals surface area contributed by atoms with E-state index in [0.717, 1.165) is 26.2 Å². The maximum absolute atomic E-state index is 15.1. The van der Waals surface area contributed by atoms with E-state index in [9.17, 15) is 10.3 Å². The molecule has 2 aliphatic heterocycles. The summed E-state index contributed by atoms with van der Waals surface area (Å²) in [5.41, 5.74) is 1.61. The van der Waals surface area contributed by atoms with Crippen molar-refractivity contribution in [3.8, 4) is 5.75 Å². The number of hydrogen-bond donors (Lipinski definition) is 2. The topological polar surface area (TPSA) is 73.5 Å². The summed E-state index contributed by atoms with van der Waals surface area (Å²) in [7, 11) is 2.05. The summed E-state index contributed by atoms with van der Waals surface area (Å²) < 4.78 is 23.1. The Morgan fingerprint density at radius 2 is 2.04 bits per heavy atom. The monoisotopic (exact) mass is 362 g/mol. The first-order chi connectivity index (χ1) is 12.5. The van der Waals surface area contributed by atoms with Crippen molar-refractivity contribution in [2.45, 2.75) is 19.6 Å². The zero-order chi connectivity index (χ0) is 18.4. The molecule has 0 unspecified atom stereocenters. The van der Waals surface area contributed by atoms with E-state index in [0.29, 0.717) is 34.5 Å². The summed E-state index contributed by atoms with van der Waals surface area (Å²) in [6.45, 7) is 5.27. The summed E-state index contributed by atoms with van der Waals surface area (Å²) in [6, 6.07) is 1.41. The third-order valence-corrected chi connectivity index (χ3v) is 5.33. The molecular formula is C18H23FN4O3. The molecule has 2 aromatic rings. The van der Waals surface area contributed by atoms with Crippen LogP contribution in [0.2, 0.25) is 0 Å². The minimum atomic E-state index is -0.404. The van der Waals surface area contributed by atoms with Crippen LogP contribution in [0.15, 0.2) is 17.4 Å².